The van der Waals surface area contributed by atoms with Crippen LogP contribution in [0.3, 0.4) is 0 Å². The van der Waals surface area contributed by atoms with Gasteiger partial charge in [-0.05, 0) is 68.9 Å². The summed E-state index contributed by atoms with van der Waals surface area (Å²) < 4.78 is 4.95. The van der Waals surface area contributed by atoms with E-state index in [2.05, 4.69) is 21.3 Å². The number of aliphatic hydroxyl groups excluding tert-OH is 2. The van der Waals surface area contributed by atoms with Crippen LogP contribution in [0.15, 0.2) is 60.7 Å². The minimum atomic E-state index is -1.57. The standard InChI is InChI=1S/C50H74N8O12/c1-29(2)25-36(45(64)52-31(5)47(66)57(8)39(27-34-19-14-11-15-20-34)48(67)58-24-16-21-38(58)50(69)70-9)53-42(62)28-40(60)35(26-33-17-12-10-13-18-33)54-46(65)37(22-23-41(51)61)56(7)49(68)43(30(3)4)55-44(63)32(6)59/h10-15,17-20,29-32,35-40,43,59-60H,16,21-28H2,1-9H3,(H2,51,61)(H,52,64)(H,53,62)(H,54,65)(H,55,63)/t31-,32?,35-,36?,37?,38?,39?,40-,43?/m0/s1. The van der Waals surface area contributed by atoms with Crippen molar-refractivity contribution in [2.75, 3.05) is 27.7 Å². The van der Waals surface area contributed by atoms with Crippen molar-refractivity contribution in [2.45, 2.75) is 147 Å². The first-order valence-electron chi connectivity index (χ1n) is 23.8. The van der Waals surface area contributed by atoms with Gasteiger partial charge < -0.3 is 56.7 Å². The van der Waals surface area contributed by atoms with Crippen LogP contribution in [0.5, 0.6) is 0 Å². The summed E-state index contributed by atoms with van der Waals surface area (Å²) in [5, 5.41) is 32.1. The summed E-state index contributed by atoms with van der Waals surface area (Å²) in [6.07, 6.45) is -2.88. The average Bonchev–Trinajstić information content (AvgIpc) is 3.81. The van der Waals surface area contributed by atoms with Crippen LogP contribution < -0.4 is 27.0 Å². The number of primary amides is 1. The topological polar surface area (TPSA) is 287 Å². The number of rotatable bonds is 26. The molecular formula is C50H74N8O12. The number of ether oxygens (including phenoxy) is 1. The van der Waals surface area contributed by atoms with Crippen molar-refractivity contribution in [2.24, 2.45) is 17.6 Å². The summed E-state index contributed by atoms with van der Waals surface area (Å²) in [4.78, 5) is 125. The third-order valence-electron chi connectivity index (χ3n) is 12.3. The fourth-order valence-electron chi connectivity index (χ4n) is 8.32. The molecule has 0 bridgehead atoms. The molecule has 1 aliphatic rings. The van der Waals surface area contributed by atoms with Gasteiger partial charge in [0.15, 0.2) is 0 Å². The SMILES string of the molecule is COC(=O)C1CCCN1C(=O)C(Cc1ccccc1)N(C)C(=O)[C@H](C)NC(=O)C(CC(C)C)NC(=O)C[C@H](O)[C@H](Cc1ccccc1)NC(=O)C(CCC(N)=O)N(C)C(=O)C(NC(=O)C(C)O)C(C)C. The number of hydrogen-bond donors (Lipinski definition) is 7. The van der Waals surface area contributed by atoms with Gasteiger partial charge in [0.05, 0.1) is 25.7 Å². The molecule has 20 heteroatoms. The first kappa shape index (κ1) is 57.9. The summed E-state index contributed by atoms with van der Waals surface area (Å²) in [7, 11) is 4.02. The van der Waals surface area contributed by atoms with E-state index in [0.717, 1.165) is 10.5 Å². The number of likely N-dealkylation sites (tertiary alicyclic amines) is 1. The number of nitrogens with two attached hydrogens (primary N) is 1. The predicted octanol–water partition coefficient (Wildman–Crippen LogP) is 0.348. The van der Waals surface area contributed by atoms with Crippen molar-refractivity contribution < 1.29 is 58.1 Å². The Kier molecular flexibility index (Phi) is 22.9. The number of hydrogen-bond acceptors (Lipinski definition) is 12. The van der Waals surface area contributed by atoms with Crippen molar-refractivity contribution in [3.8, 4) is 0 Å². The number of carbonyl (C=O) groups is 9. The molecule has 2 aromatic rings. The lowest BCUT2D eigenvalue weighted by Gasteiger charge is -2.34. The summed E-state index contributed by atoms with van der Waals surface area (Å²) in [6, 6.07) is 9.96. The minimum Gasteiger partial charge on any atom is -0.467 e. The van der Waals surface area contributed by atoms with E-state index in [4.69, 9.17) is 10.5 Å². The van der Waals surface area contributed by atoms with E-state index < -0.39 is 120 Å². The van der Waals surface area contributed by atoms with E-state index in [1.807, 2.05) is 32.0 Å². The smallest absolute Gasteiger partial charge is 0.328 e. The molecule has 8 amide bonds. The van der Waals surface area contributed by atoms with E-state index in [1.165, 1.54) is 44.9 Å². The van der Waals surface area contributed by atoms with E-state index >= 15 is 0 Å². The zero-order chi connectivity index (χ0) is 52.4. The predicted molar refractivity (Wildman–Crippen MR) is 259 cm³/mol. The maximum absolute atomic E-state index is 14.2. The highest BCUT2D eigenvalue weighted by atomic mass is 16.5. The molecule has 1 aliphatic heterocycles. The Labute approximate surface area is 410 Å². The molecule has 0 aromatic heterocycles. The Morgan fingerprint density at radius 3 is 1.84 bits per heavy atom. The lowest BCUT2D eigenvalue weighted by Crippen LogP contribution is -2.59. The van der Waals surface area contributed by atoms with Crippen molar-refractivity contribution >= 4 is 53.2 Å². The lowest BCUT2D eigenvalue weighted by molar-refractivity contribution is -0.154. The maximum atomic E-state index is 14.2. The van der Waals surface area contributed by atoms with E-state index in [-0.39, 0.29) is 38.0 Å². The number of nitrogens with zero attached hydrogens (tertiary/aromatic N) is 3. The number of nitrogens with one attached hydrogen (secondary N) is 4. The summed E-state index contributed by atoms with van der Waals surface area (Å²) in [5.74, 6) is -6.73. The van der Waals surface area contributed by atoms with Gasteiger partial charge in [-0.2, -0.15) is 0 Å². The van der Waals surface area contributed by atoms with Crippen LogP contribution in [0.2, 0.25) is 0 Å². The molecule has 1 heterocycles. The van der Waals surface area contributed by atoms with E-state index in [0.29, 0.717) is 24.9 Å². The van der Waals surface area contributed by atoms with E-state index in [1.54, 1.807) is 56.3 Å². The zero-order valence-electron chi connectivity index (χ0n) is 41.9. The number of esters is 1. The van der Waals surface area contributed by atoms with Gasteiger partial charge in [0.2, 0.25) is 47.3 Å². The fraction of sp³-hybridized carbons (Fsp3) is 0.580. The molecule has 386 valence electrons. The number of aliphatic hydroxyl groups is 2. The highest BCUT2D eigenvalue weighted by molar-refractivity contribution is 5.96. The van der Waals surface area contributed by atoms with Crippen LogP contribution in [0, 0.1) is 11.8 Å². The molecule has 6 unspecified atom stereocenters. The van der Waals surface area contributed by atoms with Crippen molar-refractivity contribution in [3.63, 3.8) is 0 Å². The Bertz CT molecular complexity index is 2110. The van der Waals surface area contributed by atoms with Gasteiger partial charge in [0.25, 0.3) is 0 Å². The van der Waals surface area contributed by atoms with Gasteiger partial charge in [-0.3, -0.25) is 38.4 Å². The molecule has 1 fully saturated rings. The van der Waals surface area contributed by atoms with Gasteiger partial charge in [-0.1, -0.05) is 88.4 Å². The second kappa shape index (κ2) is 27.7. The van der Waals surface area contributed by atoms with Gasteiger partial charge in [0.1, 0.15) is 42.4 Å². The first-order valence-corrected chi connectivity index (χ1v) is 23.8. The van der Waals surface area contributed by atoms with Crippen molar-refractivity contribution in [1.29, 1.82) is 0 Å². The monoisotopic (exact) mass is 979 g/mol. The molecule has 0 aliphatic carbocycles. The van der Waals surface area contributed by atoms with Gasteiger partial charge in [0, 0.05) is 33.5 Å². The molecule has 70 heavy (non-hydrogen) atoms. The molecule has 0 saturated carbocycles. The summed E-state index contributed by atoms with van der Waals surface area (Å²) >= 11 is 0. The van der Waals surface area contributed by atoms with Crippen LogP contribution in [0.25, 0.3) is 0 Å². The van der Waals surface area contributed by atoms with Crippen molar-refractivity contribution in [3.05, 3.63) is 71.8 Å². The molecule has 1 saturated heterocycles. The number of likely N-dealkylation sites (N-methyl/N-ethyl adjacent to an activating group) is 2. The third-order valence-corrected chi connectivity index (χ3v) is 12.3. The summed E-state index contributed by atoms with van der Waals surface area (Å²) in [6.45, 7) is 9.97. The van der Waals surface area contributed by atoms with Crippen molar-refractivity contribution in [1.82, 2.24) is 36.0 Å². The lowest BCUT2D eigenvalue weighted by atomic mass is 9.96. The molecular weight excluding hydrogens is 905 g/mol. The number of carbonyl (C=O) groups excluding carboxylic acids is 9. The first-order chi connectivity index (χ1) is 33.0. The van der Waals surface area contributed by atoms with Gasteiger partial charge >= 0.3 is 5.97 Å². The van der Waals surface area contributed by atoms with Crippen LogP contribution in [0.4, 0.5) is 0 Å². The highest BCUT2D eigenvalue weighted by Crippen LogP contribution is 2.23. The Balaban J connectivity index is 1.83. The highest BCUT2D eigenvalue weighted by Gasteiger charge is 2.41. The molecule has 9 atom stereocenters. The number of amides is 8. The second-order valence-corrected chi connectivity index (χ2v) is 18.8. The number of methoxy groups -OCH3 is 1. The number of benzene rings is 2. The molecule has 2 aromatic carbocycles. The Morgan fingerprint density at radius 2 is 1.31 bits per heavy atom. The summed E-state index contributed by atoms with van der Waals surface area (Å²) in [5.41, 5.74) is 6.88. The van der Waals surface area contributed by atoms with Gasteiger partial charge in [-0.25, -0.2) is 4.79 Å². The minimum absolute atomic E-state index is 0.0121. The third kappa shape index (κ3) is 17.2. The molecule has 0 spiro atoms. The van der Waals surface area contributed by atoms with Gasteiger partial charge in [-0.15, -0.1) is 0 Å². The molecule has 3 rings (SSSR count). The second-order valence-electron chi connectivity index (χ2n) is 18.8. The molecule has 8 N–H and O–H groups in total. The van der Waals surface area contributed by atoms with Crippen LogP contribution in [-0.4, -0.2) is 160 Å². The van der Waals surface area contributed by atoms with Crippen LogP contribution in [0.1, 0.15) is 91.2 Å². The van der Waals surface area contributed by atoms with Crippen LogP contribution in [-0.2, 0) is 60.7 Å². The average molecular weight is 979 g/mol. The fourth-order valence-corrected chi connectivity index (χ4v) is 8.32. The Morgan fingerprint density at radius 1 is 0.743 bits per heavy atom. The maximum Gasteiger partial charge on any atom is 0.328 e. The molecule has 20 nitrogen and oxygen atoms in total. The largest absolute Gasteiger partial charge is 0.467 e. The zero-order valence-corrected chi connectivity index (χ0v) is 41.9. The normalized spacial score (nSPS) is 16.9. The quantitative estimate of drug-likeness (QED) is 0.0629. The van der Waals surface area contributed by atoms with E-state index in [9.17, 15) is 53.4 Å². The van der Waals surface area contributed by atoms with Crippen LogP contribution >= 0.6 is 0 Å². The Hall–Kier alpha value is -6.41. The molecule has 0 radical (unpaired) electrons.